The predicted octanol–water partition coefficient (Wildman–Crippen LogP) is 0.0369. The topological polar surface area (TPSA) is 23.9 Å². The molecular formula is C2H6FMgN. The monoisotopic (exact) mass is 87.0 g/mol. The van der Waals surface area contributed by atoms with E-state index < -0.39 is 5.97 Å². The van der Waals surface area contributed by atoms with E-state index in [1.165, 1.54) is 0 Å². The van der Waals surface area contributed by atoms with Crippen molar-refractivity contribution in [1.82, 2.24) is 0 Å². The van der Waals surface area contributed by atoms with Crippen molar-refractivity contribution >= 4 is 29.0 Å². The lowest BCUT2D eigenvalue weighted by Gasteiger charge is -1.57. The fourth-order valence-electron chi connectivity index (χ4n) is 0. The van der Waals surface area contributed by atoms with Crippen LogP contribution in [0.2, 0.25) is 0 Å². The zero-order valence-corrected chi connectivity index (χ0v) is 2.38. The Hall–Kier alpha value is 0.366. The van der Waals surface area contributed by atoms with E-state index >= 15 is 0 Å². The van der Waals surface area contributed by atoms with Gasteiger partial charge in [-0.25, -0.2) is 0 Å². The van der Waals surface area contributed by atoms with Crippen LogP contribution in [-0.2, 0) is 0 Å². The Morgan fingerprint density at radius 2 is 1.80 bits per heavy atom. The fraction of sp³-hybridized carbons (Fsp3) is 0.500. The Labute approximate surface area is 46.2 Å². The number of rotatable bonds is 0. The number of hydrogen-bond donors (Lipinski definition) is 1. The maximum atomic E-state index is 10.6. The standard InChI is InChI=1S/C2H4FN.Mg.2H/c1-2(3)4;;;/h4H,1H3;;;. The van der Waals surface area contributed by atoms with Gasteiger partial charge in [0.15, 0.2) is 5.97 Å². The van der Waals surface area contributed by atoms with Crippen LogP contribution in [0, 0.1) is 5.41 Å². The maximum absolute atomic E-state index is 10.6. The highest BCUT2D eigenvalue weighted by Crippen LogP contribution is 1.60. The second-order valence-electron chi connectivity index (χ2n) is 0.533. The van der Waals surface area contributed by atoms with Gasteiger partial charge in [-0.2, -0.15) is 4.39 Å². The van der Waals surface area contributed by atoms with E-state index in [0.29, 0.717) is 0 Å². The molecule has 0 radical (unpaired) electrons. The molecule has 0 aromatic carbocycles. The minimum Gasteiger partial charge on any atom is -0.278 e. The number of nitrogens with one attached hydrogen (secondary N) is 1. The Morgan fingerprint density at radius 3 is 1.80 bits per heavy atom. The SMILES string of the molecule is CC(=N)F.[MgH2]. The van der Waals surface area contributed by atoms with Gasteiger partial charge in [0.25, 0.3) is 0 Å². The highest BCUT2D eigenvalue weighted by Gasteiger charge is 1.62. The van der Waals surface area contributed by atoms with Crippen LogP contribution in [0.5, 0.6) is 0 Å². The molecule has 0 rings (SSSR count). The molecule has 0 fully saturated rings. The lowest BCUT2D eigenvalue weighted by atomic mass is 10.9. The molecule has 0 aliphatic rings. The Balaban J connectivity index is 0. The largest absolute Gasteiger partial charge is 0.316 e. The van der Waals surface area contributed by atoms with Crippen LogP contribution in [0.1, 0.15) is 6.92 Å². The molecule has 0 aliphatic carbocycles. The molecule has 1 nitrogen and oxygen atoms in total. The predicted molar refractivity (Wildman–Crippen MR) is 23.1 cm³/mol. The van der Waals surface area contributed by atoms with Crippen molar-refractivity contribution in [2.45, 2.75) is 6.92 Å². The van der Waals surface area contributed by atoms with Crippen molar-refractivity contribution in [2.75, 3.05) is 0 Å². The molecule has 0 bridgehead atoms. The number of halogens is 1. The molecule has 0 atom stereocenters. The van der Waals surface area contributed by atoms with Crippen molar-refractivity contribution < 1.29 is 4.39 Å². The van der Waals surface area contributed by atoms with Gasteiger partial charge in [-0.1, -0.05) is 0 Å². The van der Waals surface area contributed by atoms with E-state index in [4.69, 9.17) is 5.41 Å². The second-order valence-corrected chi connectivity index (χ2v) is 0.533. The Morgan fingerprint density at radius 1 is 1.80 bits per heavy atom. The van der Waals surface area contributed by atoms with Crippen LogP contribution in [-0.4, -0.2) is 29.0 Å². The van der Waals surface area contributed by atoms with Gasteiger partial charge in [0.1, 0.15) is 0 Å². The minimum absolute atomic E-state index is 0. The third-order valence-corrected chi connectivity index (χ3v) is 0. The van der Waals surface area contributed by atoms with Gasteiger partial charge in [0, 0.05) is 6.92 Å². The molecule has 0 aromatic rings. The summed E-state index contributed by atoms with van der Waals surface area (Å²) in [5.41, 5.74) is 0. The van der Waals surface area contributed by atoms with Gasteiger partial charge in [0.05, 0.1) is 0 Å². The van der Waals surface area contributed by atoms with E-state index in [0.717, 1.165) is 6.92 Å². The molecule has 3 heteroatoms. The van der Waals surface area contributed by atoms with Crippen molar-refractivity contribution in [3.05, 3.63) is 0 Å². The quantitative estimate of drug-likeness (QED) is 0.319. The summed E-state index contributed by atoms with van der Waals surface area (Å²) in [4.78, 5) is 0. The van der Waals surface area contributed by atoms with E-state index in [9.17, 15) is 4.39 Å². The van der Waals surface area contributed by atoms with E-state index in [1.807, 2.05) is 0 Å². The summed E-state index contributed by atoms with van der Waals surface area (Å²) in [6, 6.07) is 0. The lowest BCUT2D eigenvalue weighted by Crippen LogP contribution is -1.62. The molecule has 0 aromatic heterocycles. The molecule has 0 amide bonds. The van der Waals surface area contributed by atoms with Gasteiger partial charge in [-0.3, -0.25) is 5.41 Å². The first kappa shape index (κ1) is 9.03. The van der Waals surface area contributed by atoms with Crippen LogP contribution in [0.3, 0.4) is 0 Å². The van der Waals surface area contributed by atoms with Crippen LogP contribution in [0.25, 0.3) is 0 Å². The molecular weight excluding hydrogens is 81.3 g/mol. The summed E-state index contributed by atoms with van der Waals surface area (Å²) in [6.45, 7) is 1.08. The van der Waals surface area contributed by atoms with Crippen molar-refractivity contribution in [3.8, 4) is 0 Å². The first-order chi connectivity index (χ1) is 1.73. The summed E-state index contributed by atoms with van der Waals surface area (Å²) in [7, 11) is 0. The van der Waals surface area contributed by atoms with Crippen LogP contribution in [0.4, 0.5) is 4.39 Å². The highest BCUT2D eigenvalue weighted by molar-refractivity contribution is 5.75. The normalized spacial score (nSPS) is 5.20. The molecule has 0 saturated carbocycles. The first-order valence-corrected chi connectivity index (χ1v) is 0.939. The van der Waals surface area contributed by atoms with Gasteiger partial charge in [0.2, 0.25) is 0 Å². The Bertz CT molecular complexity index is 32.6. The smallest absolute Gasteiger partial charge is 0.278 e. The molecule has 0 saturated heterocycles. The summed E-state index contributed by atoms with van der Waals surface area (Å²) >= 11 is 0. The molecule has 1 N–H and O–H groups in total. The molecule has 5 heavy (non-hydrogen) atoms. The fourth-order valence-corrected chi connectivity index (χ4v) is 0. The van der Waals surface area contributed by atoms with Crippen molar-refractivity contribution in [3.63, 3.8) is 0 Å². The van der Waals surface area contributed by atoms with E-state index in [1.54, 1.807) is 0 Å². The van der Waals surface area contributed by atoms with Crippen LogP contribution < -0.4 is 0 Å². The molecule has 0 heterocycles. The molecule has 0 spiro atoms. The average Bonchev–Trinajstić information content (AvgIpc) is 0.811. The molecule has 28 valence electrons. The number of hydrogen-bond acceptors (Lipinski definition) is 1. The van der Waals surface area contributed by atoms with Gasteiger partial charge < -0.3 is 0 Å². The summed E-state index contributed by atoms with van der Waals surface area (Å²) in [5.74, 6) is -0.833. The zero-order chi connectivity index (χ0) is 3.58. The first-order valence-electron chi connectivity index (χ1n) is 0.939. The van der Waals surface area contributed by atoms with Crippen LogP contribution in [0.15, 0.2) is 0 Å². The molecule has 0 aliphatic heterocycles. The summed E-state index contributed by atoms with van der Waals surface area (Å²) in [6.07, 6.45) is 0. The van der Waals surface area contributed by atoms with Gasteiger partial charge in [-0.05, 0) is 0 Å². The van der Waals surface area contributed by atoms with Crippen molar-refractivity contribution in [2.24, 2.45) is 0 Å². The van der Waals surface area contributed by atoms with E-state index in [-0.39, 0.29) is 23.1 Å². The maximum Gasteiger partial charge on any atom is 0.316 e. The lowest BCUT2D eigenvalue weighted by molar-refractivity contribution is 0.788. The third-order valence-electron chi connectivity index (χ3n) is 0. The second kappa shape index (κ2) is 4.37. The summed E-state index contributed by atoms with van der Waals surface area (Å²) < 4.78 is 10.6. The van der Waals surface area contributed by atoms with E-state index in [2.05, 4.69) is 0 Å². The average molecular weight is 87.4 g/mol. The van der Waals surface area contributed by atoms with Gasteiger partial charge >= 0.3 is 23.1 Å². The minimum atomic E-state index is -0.833. The van der Waals surface area contributed by atoms with Crippen molar-refractivity contribution in [1.29, 1.82) is 5.41 Å². The summed E-state index contributed by atoms with van der Waals surface area (Å²) in [5, 5.41) is 5.83. The highest BCUT2D eigenvalue weighted by atomic mass is 24.3. The zero-order valence-electron chi connectivity index (χ0n) is 2.38. The third kappa shape index (κ3) is 182. The Kier molecular flexibility index (Phi) is 7.88. The van der Waals surface area contributed by atoms with Gasteiger partial charge in [-0.15, -0.1) is 0 Å². The van der Waals surface area contributed by atoms with Crippen LogP contribution >= 0.6 is 0 Å². The molecule has 0 unspecified atom stereocenters.